The monoisotopic (exact) mass is 878 g/mol. The maximum absolute atomic E-state index is 7.01. The molecule has 0 N–H and O–H groups in total. The summed E-state index contributed by atoms with van der Waals surface area (Å²) in [4.78, 5) is 15.6. The van der Waals surface area contributed by atoms with Gasteiger partial charge in [0.05, 0.1) is 33.1 Å². The van der Waals surface area contributed by atoms with Crippen molar-refractivity contribution in [3.05, 3.63) is 253 Å². The zero-order chi connectivity index (χ0) is 45.2. The van der Waals surface area contributed by atoms with E-state index in [4.69, 9.17) is 19.4 Å². The second kappa shape index (κ2) is 14.4. The van der Waals surface area contributed by atoms with Crippen molar-refractivity contribution < 1.29 is 4.42 Å². The number of aromatic nitrogens is 4. The Morgan fingerprint density at radius 2 is 0.841 bits per heavy atom. The lowest BCUT2D eigenvalue weighted by molar-refractivity contribution is 0.669. The maximum Gasteiger partial charge on any atom is 0.167 e. The van der Waals surface area contributed by atoms with Crippen LogP contribution in [0.15, 0.2) is 235 Å². The number of para-hydroxylation sites is 2. The third-order valence-electron chi connectivity index (χ3n) is 14.7. The minimum absolute atomic E-state index is 0.481. The van der Waals surface area contributed by atoms with Crippen molar-refractivity contribution in [3.63, 3.8) is 0 Å². The summed E-state index contributed by atoms with van der Waals surface area (Å²) in [5, 5.41) is 4.41. The fourth-order valence-electron chi connectivity index (χ4n) is 11.8. The summed E-state index contributed by atoms with van der Waals surface area (Å²) in [6, 6.07) is 82.6. The van der Waals surface area contributed by atoms with Crippen LogP contribution >= 0.6 is 0 Å². The summed E-state index contributed by atoms with van der Waals surface area (Å²) in [5.74, 6) is 1.73. The molecule has 320 valence electrons. The largest absolute Gasteiger partial charge is 0.455 e. The molecule has 0 radical (unpaired) electrons. The first-order chi connectivity index (χ1) is 34.2. The van der Waals surface area contributed by atoms with Gasteiger partial charge in [-0.15, -0.1) is 0 Å². The van der Waals surface area contributed by atoms with Crippen molar-refractivity contribution in [1.29, 1.82) is 0 Å². The van der Waals surface area contributed by atoms with Crippen LogP contribution in [-0.4, -0.2) is 19.5 Å². The van der Waals surface area contributed by atoms with Crippen molar-refractivity contribution in [2.24, 2.45) is 0 Å². The molecule has 3 heterocycles. The Kier molecular flexibility index (Phi) is 7.93. The summed E-state index contributed by atoms with van der Waals surface area (Å²) in [6.45, 7) is 0. The molecule has 2 aliphatic rings. The van der Waals surface area contributed by atoms with E-state index >= 15 is 0 Å². The van der Waals surface area contributed by atoms with E-state index in [1.165, 1.54) is 55.3 Å². The van der Waals surface area contributed by atoms with Gasteiger partial charge in [-0.05, 0) is 92.0 Å². The Labute approximate surface area is 397 Å². The molecule has 69 heavy (non-hydrogen) atoms. The van der Waals surface area contributed by atoms with Crippen LogP contribution in [0.5, 0.6) is 0 Å². The van der Waals surface area contributed by atoms with E-state index in [9.17, 15) is 0 Å². The molecular weight excluding hydrogens is 841 g/mol. The van der Waals surface area contributed by atoms with E-state index in [2.05, 4.69) is 193 Å². The molecule has 13 aromatic rings. The number of nitrogens with zero attached hydrogens (tertiary/aromatic N) is 4. The second-order valence-electron chi connectivity index (χ2n) is 18.2. The molecular formula is C64H38N4O. The summed E-state index contributed by atoms with van der Waals surface area (Å²) < 4.78 is 9.48. The van der Waals surface area contributed by atoms with Crippen LogP contribution in [0, 0.1) is 0 Å². The van der Waals surface area contributed by atoms with Crippen molar-refractivity contribution in [3.8, 4) is 73.2 Å². The van der Waals surface area contributed by atoms with E-state index in [1.807, 2.05) is 42.5 Å². The standard InChI is InChI=1S/C64H38N4O/c1-3-17-39(18-4-1)40-31-33-42(34-32-40)62-65-61(41-19-5-2-6-20-41)66-63(67-62)48-35-36-56(59-47-25-11-16-30-58(47)69-60(48)59)68-55-29-15-10-24-46(55)50-37-49-45-23-9-14-28-53(45)64(54(49)38-57(50)68)51-26-12-7-21-43(51)44-22-8-13-27-52(44)64/h1-38H. The lowest BCUT2D eigenvalue weighted by Crippen LogP contribution is -2.25. The van der Waals surface area contributed by atoms with Gasteiger partial charge in [0.25, 0.3) is 0 Å². The number of furan rings is 1. The van der Waals surface area contributed by atoms with Gasteiger partial charge >= 0.3 is 0 Å². The third kappa shape index (κ3) is 5.32. The highest BCUT2D eigenvalue weighted by molar-refractivity contribution is 6.17. The Balaban J connectivity index is 0.990. The predicted molar refractivity (Wildman–Crippen MR) is 279 cm³/mol. The van der Waals surface area contributed by atoms with Crippen LogP contribution in [0.2, 0.25) is 0 Å². The number of rotatable bonds is 5. The molecule has 0 fully saturated rings. The number of benzene rings is 10. The molecule has 0 unspecified atom stereocenters. The zero-order valence-corrected chi connectivity index (χ0v) is 37.1. The van der Waals surface area contributed by atoms with Gasteiger partial charge in [-0.2, -0.15) is 0 Å². The van der Waals surface area contributed by atoms with Crippen LogP contribution in [0.3, 0.4) is 0 Å². The van der Waals surface area contributed by atoms with Gasteiger partial charge in [0.1, 0.15) is 11.2 Å². The molecule has 0 bridgehead atoms. The molecule has 2 aliphatic carbocycles. The van der Waals surface area contributed by atoms with Crippen molar-refractivity contribution in [2.45, 2.75) is 5.41 Å². The average molecular weight is 879 g/mol. The topological polar surface area (TPSA) is 56.7 Å². The average Bonchev–Trinajstić information content (AvgIpc) is 4.14. The first-order valence-electron chi connectivity index (χ1n) is 23.5. The molecule has 10 aromatic carbocycles. The minimum atomic E-state index is -0.481. The lowest BCUT2D eigenvalue weighted by atomic mass is 9.70. The van der Waals surface area contributed by atoms with Gasteiger partial charge in [0.2, 0.25) is 0 Å². The van der Waals surface area contributed by atoms with Crippen molar-refractivity contribution in [1.82, 2.24) is 19.5 Å². The van der Waals surface area contributed by atoms with Gasteiger partial charge < -0.3 is 8.98 Å². The number of hydrogen-bond acceptors (Lipinski definition) is 4. The molecule has 15 rings (SSSR count). The molecule has 1 spiro atoms. The highest BCUT2D eigenvalue weighted by atomic mass is 16.3. The van der Waals surface area contributed by atoms with Crippen molar-refractivity contribution >= 4 is 43.7 Å². The highest BCUT2D eigenvalue weighted by Gasteiger charge is 2.51. The summed E-state index contributed by atoms with van der Waals surface area (Å²) in [5.41, 5.74) is 19.6. The van der Waals surface area contributed by atoms with Gasteiger partial charge in [0, 0.05) is 27.3 Å². The zero-order valence-electron chi connectivity index (χ0n) is 37.1. The van der Waals surface area contributed by atoms with Gasteiger partial charge in [-0.1, -0.05) is 194 Å². The first-order valence-corrected chi connectivity index (χ1v) is 23.5. The second-order valence-corrected chi connectivity index (χ2v) is 18.2. The molecule has 0 saturated heterocycles. The summed E-state index contributed by atoms with van der Waals surface area (Å²) in [6.07, 6.45) is 0. The Morgan fingerprint density at radius 3 is 1.52 bits per heavy atom. The minimum Gasteiger partial charge on any atom is -0.455 e. The Hall–Kier alpha value is -9.19. The van der Waals surface area contributed by atoms with Crippen LogP contribution in [0.4, 0.5) is 0 Å². The summed E-state index contributed by atoms with van der Waals surface area (Å²) in [7, 11) is 0. The van der Waals surface area contributed by atoms with Crippen molar-refractivity contribution in [2.75, 3.05) is 0 Å². The fraction of sp³-hybridized carbons (Fsp3) is 0.0156. The van der Waals surface area contributed by atoms with E-state index in [0.29, 0.717) is 17.5 Å². The normalized spacial score (nSPS) is 13.0. The molecule has 0 aliphatic heterocycles. The first kappa shape index (κ1) is 38.0. The van der Waals surface area contributed by atoms with Crippen LogP contribution in [0.1, 0.15) is 22.3 Å². The molecule has 0 amide bonds. The van der Waals surface area contributed by atoms with Gasteiger partial charge in [-0.25, -0.2) is 15.0 Å². The maximum atomic E-state index is 7.01. The SMILES string of the molecule is c1ccc(-c2ccc(-c3nc(-c4ccccc4)nc(-c4ccc(-n5c6ccccc6c6cc7c(cc65)C5(c6ccccc6-c6ccccc65)c5ccccc5-7)c5c4oc4ccccc45)n3)cc2)cc1. The lowest BCUT2D eigenvalue weighted by Gasteiger charge is -2.30. The third-order valence-corrected chi connectivity index (χ3v) is 14.7. The molecule has 5 nitrogen and oxygen atoms in total. The van der Waals surface area contributed by atoms with Gasteiger partial charge in [-0.3, -0.25) is 0 Å². The van der Waals surface area contributed by atoms with E-state index in [-0.39, 0.29) is 0 Å². The molecule has 0 atom stereocenters. The van der Waals surface area contributed by atoms with Gasteiger partial charge in [0.15, 0.2) is 17.5 Å². The quantitative estimate of drug-likeness (QED) is 0.173. The Bertz CT molecular complexity index is 4200. The number of hydrogen-bond donors (Lipinski definition) is 0. The van der Waals surface area contributed by atoms with Crippen LogP contribution in [-0.2, 0) is 5.41 Å². The van der Waals surface area contributed by atoms with E-state index < -0.39 is 5.41 Å². The smallest absolute Gasteiger partial charge is 0.167 e. The molecule has 5 heteroatoms. The molecule has 0 saturated carbocycles. The Morgan fingerprint density at radius 1 is 0.333 bits per heavy atom. The van der Waals surface area contributed by atoms with Crippen LogP contribution < -0.4 is 0 Å². The van der Waals surface area contributed by atoms with E-state index in [1.54, 1.807) is 0 Å². The van der Waals surface area contributed by atoms with E-state index in [0.717, 1.165) is 66.5 Å². The predicted octanol–water partition coefficient (Wildman–Crippen LogP) is 15.9. The summed E-state index contributed by atoms with van der Waals surface area (Å²) >= 11 is 0. The van der Waals surface area contributed by atoms with Crippen LogP contribution in [0.25, 0.3) is 117 Å². The highest BCUT2D eigenvalue weighted by Crippen LogP contribution is 2.63. The fourth-order valence-corrected chi connectivity index (χ4v) is 11.8. The molecule has 3 aromatic heterocycles. The number of fused-ring (bicyclic) bond motifs is 16.